The number of hydrogen-bond donors (Lipinski definition) is 0. The number of alkyl halides is 3. The standard InChI is InChI=1S/C12H10ClF4NO3S/c13-10-2-1-8(4-9(10)12(14,15)16)18-5-7(3-11(18)19)6-22(17,20)21/h1-2,4,7H,3,5-6H2. The lowest BCUT2D eigenvalue weighted by molar-refractivity contribution is -0.137. The zero-order valence-electron chi connectivity index (χ0n) is 10.9. The SMILES string of the molecule is O=C1CC(CS(=O)(=O)F)CN1c1ccc(Cl)c(C(F)(F)F)c1. The van der Waals surface area contributed by atoms with Crippen LogP contribution in [-0.4, -0.2) is 26.6 Å². The normalized spacial score (nSPS) is 19.8. The molecule has 0 N–H and O–H groups in total. The topological polar surface area (TPSA) is 54.5 Å². The number of nitrogens with zero attached hydrogens (tertiary/aromatic N) is 1. The van der Waals surface area contributed by atoms with Gasteiger partial charge in [-0.1, -0.05) is 11.6 Å². The van der Waals surface area contributed by atoms with E-state index in [1.807, 2.05) is 0 Å². The van der Waals surface area contributed by atoms with Crippen molar-refractivity contribution in [1.82, 2.24) is 0 Å². The summed E-state index contributed by atoms with van der Waals surface area (Å²) in [6.45, 7) is -0.166. The van der Waals surface area contributed by atoms with Crippen LogP contribution < -0.4 is 4.90 Å². The van der Waals surface area contributed by atoms with Gasteiger partial charge in [0.1, 0.15) is 0 Å². The number of hydrogen-bond acceptors (Lipinski definition) is 3. The number of halogens is 5. The number of rotatable bonds is 3. The minimum atomic E-state index is -4.75. The molecule has 0 bridgehead atoms. The lowest BCUT2D eigenvalue weighted by Gasteiger charge is -2.19. The van der Waals surface area contributed by atoms with Gasteiger partial charge in [-0.3, -0.25) is 4.79 Å². The molecule has 0 radical (unpaired) electrons. The van der Waals surface area contributed by atoms with Gasteiger partial charge in [0, 0.05) is 24.6 Å². The summed E-state index contributed by atoms with van der Waals surface area (Å²) in [5.74, 6) is -2.20. The highest BCUT2D eigenvalue weighted by Gasteiger charge is 2.37. The maximum Gasteiger partial charge on any atom is 0.417 e. The van der Waals surface area contributed by atoms with Crippen LogP contribution in [0, 0.1) is 5.92 Å². The Morgan fingerprint density at radius 2 is 1.95 bits per heavy atom. The molecule has 22 heavy (non-hydrogen) atoms. The van der Waals surface area contributed by atoms with Gasteiger partial charge in [-0.15, -0.1) is 3.89 Å². The molecule has 1 aromatic carbocycles. The first-order chi connectivity index (χ1) is 9.97. The van der Waals surface area contributed by atoms with Crippen molar-refractivity contribution in [3.63, 3.8) is 0 Å². The number of benzene rings is 1. The monoisotopic (exact) mass is 359 g/mol. The fraction of sp³-hybridized carbons (Fsp3) is 0.417. The number of carbonyl (C=O) groups excluding carboxylic acids is 1. The lowest BCUT2D eigenvalue weighted by Crippen LogP contribution is -2.25. The Morgan fingerprint density at radius 1 is 1.32 bits per heavy atom. The van der Waals surface area contributed by atoms with E-state index in [2.05, 4.69) is 0 Å². The van der Waals surface area contributed by atoms with Crippen LogP contribution in [0.15, 0.2) is 18.2 Å². The first-order valence-corrected chi connectivity index (χ1v) is 8.00. The summed E-state index contributed by atoms with van der Waals surface area (Å²) >= 11 is 5.49. The van der Waals surface area contributed by atoms with Crippen LogP contribution in [0.1, 0.15) is 12.0 Å². The Bertz CT molecular complexity index is 705. The van der Waals surface area contributed by atoms with E-state index in [0.717, 1.165) is 11.0 Å². The third kappa shape index (κ3) is 3.89. The quantitative estimate of drug-likeness (QED) is 0.616. The Labute approximate surface area is 128 Å². The second-order valence-electron chi connectivity index (χ2n) is 4.94. The molecular weight excluding hydrogens is 350 g/mol. The molecule has 1 amide bonds. The van der Waals surface area contributed by atoms with Crippen molar-refractivity contribution < 1.29 is 30.3 Å². The fourth-order valence-corrected chi connectivity index (χ4v) is 3.33. The predicted molar refractivity (Wildman–Crippen MR) is 71.8 cm³/mol. The Balaban J connectivity index is 2.28. The van der Waals surface area contributed by atoms with Gasteiger partial charge in [0.15, 0.2) is 0 Å². The van der Waals surface area contributed by atoms with Gasteiger partial charge in [0.05, 0.1) is 16.3 Å². The molecule has 0 aliphatic carbocycles. The molecule has 1 aliphatic rings. The largest absolute Gasteiger partial charge is 0.417 e. The van der Waals surface area contributed by atoms with Gasteiger partial charge < -0.3 is 4.90 Å². The van der Waals surface area contributed by atoms with Crippen LogP contribution in [0.4, 0.5) is 22.7 Å². The van der Waals surface area contributed by atoms with E-state index < -0.39 is 44.6 Å². The molecule has 1 aliphatic heterocycles. The van der Waals surface area contributed by atoms with Crippen LogP contribution in [0.25, 0.3) is 0 Å². The summed E-state index contributed by atoms with van der Waals surface area (Å²) in [5, 5.41) is -0.509. The number of carbonyl (C=O) groups is 1. The van der Waals surface area contributed by atoms with E-state index in [9.17, 15) is 30.3 Å². The van der Waals surface area contributed by atoms with E-state index in [-0.39, 0.29) is 18.7 Å². The molecule has 1 heterocycles. The summed E-state index contributed by atoms with van der Waals surface area (Å²) in [5.41, 5.74) is -1.15. The van der Waals surface area contributed by atoms with Gasteiger partial charge in [-0.25, -0.2) is 0 Å². The van der Waals surface area contributed by atoms with Crippen LogP contribution >= 0.6 is 11.6 Å². The molecule has 10 heteroatoms. The molecule has 0 spiro atoms. The minimum Gasteiger partial charge on any atom is -0.312 e. The maximum absolute atomic E-state index is 12.8. The van der Waals surface area contributed by atoms with Crippen molar-refractivity contribution in [3.05, 3.63) is 28.8 Å². The molecule has 1 saturated heterocycles. The fourth-order valence-electron chi connectivity index (χ4n) is 2.32. The molecule has 0 saturated carbocycles. The highest BCUT2D eigenvalue weighted by Crippen LogP contribution is 2.38. The third-order valence-electron chi connectivity index (χ3n) is 3.21. The van der Waals surface area contributed by atoms with Crippen LogP contribution in [0.2, 0.25) is 5.02 Å². The number of amides is 1. The van der Waals surface area contributed by atoms with Gasteiger partial charge in [0.2, 0.25) is 5.91 Å². The molecular formula is C12H10ClF4NO3S. The molecule has 1 aromatic rings. The Hall–Kier alpha value is -1.35. The van der Waals surface area contributed by atoms with Crippen LogP contribution in [0.3, 0.4) is 0 Å². The van der Waals surface area contributed by atoms with E-state index in [1.165, 1.54) is 6.07 Å². The third-order valence-corrected chi connectivity index (χ3v) is 4.41. The highest BCUT2D eigenvalue weighted by molar-refractivity contribution is 7.86. The smallest absolute Gasteiger partial charge is 0.312 e. The van der Waals surface area contributed by atoms with E-state index in [0.29, 0.717) is 6.07 Å². The molecule has 1 fully saturated rings. The molecule has 2 rings (SSSR count). The second kappa shape index (κ2) is 5.69. The van der Waals surface area contributed by atoms with Crippen molar-refractivity contribution in [1.29, 1.82) is 0 Å². The molecule has 0 aromatic heterocycles. The minimum absolute atomic E-state index is 0.0551. The summed E-state index contributed by atoms with van der Waals surface area (Å²) < 4.78 is 72.2. The molecule has 1 atom stereocenters. The Morgan fingerprint density at radius 3 is 2.50 bits per heavy atom. The molecule has 4 nitrogen and oxygen atoms in total. The van der Waals surface area contributed by atoms with Crippen LogP contribution in [-0.2, 0) is 21.2 Å². The molecule has 1 unspecified atom stereocenters. The summed E-state index contributed by atoms with van der Waals surface area (Å²) in [6.07, 6.45) is -4.93. The molecule has 122 valence electrons. The first kappa shape index (κ1) is 17.0. The summed E-state index contributed by atoms with van der Waals surface area (Å²) in [4.78, 5) is 12.8. The predicted octanol–water partition coefficient (Wildman–Crippen LogP) is 3.01. The van der Waals surface area contributed by atoms with Gasteiger partial charge in [-0.2, -0.15) is 21.6 Å². The average Bonchev–Trinajstić information content (AvgIpc) is 2.66. The Kier molecular flexibility index (Phi) is 4.40. The van der Waals surface area contributed by atoms with E-state index in [4.69, 9.17) is 11.6 Å². The average molecular weight is 360 g/mol. The van der Waals surface area contributed by atoms with Crippen LogP contribution in [0.5, 0.6) is 0 Å². The van der Waals surface area contributed by atoms with E-state index in [1.54, 1.807) is 0 Å². The van der Waals surface area contributed by atoms with E-state index >= 15 is 0 Å². The number of anilines is 1. The highest BCUT2D eigenvalue weighted by atomic mass is 35.5. The van der Waals surface area contributed by atoms with Gasteiger partial charge in [0.25, 0.3) is 0 Å². The van der Waals surface area contributed by atoms with Crippen molar-refractivity contribution in [2.24, 2.45) is 5.92 Å². The van der Waals surface area contributed by atoms with Crippen molar-refractivity contribution >= 4 is 33.4 Å². The second-order valence-corrected chi connectivity index (χ2v) is 6.76. The van der Waals surface area contributed by atoms with Gasteiger partial charge >= 0.3 is 16.4 Å². The van der Waals surface area contributed by atoms with Gasteiger partial charge in [-0.05, 0) is 18.2 Å². The first-order valence-electron chi connectivity index (χ1n) is 6.07. The summed E-state index contributed by atoms with van der Waals surface area (Å²) in [6, 6.07) is 2.95. The van der Waals surface area contributed by atoms with Crippen molar-refractivity contribution in [2.45, 2.75) is 12.6 Å². The zero-order chi connectivity index (χ0) is 16.7. The van der Waals surface area contributed by atoms with Crippen molar-refractivity contribution in [3.8, 4) is 0 Å². The lowest BCUT2D eigenvalue weighted by atomic mass is 10.1. The summed E-state index contributed by atoms with van der Waals surface area (Å²) in [7, 11) is -4.75. The van der Waals surface area contributed by atoms with Crippen molar-refractivity contribution in [2.75, 3.05) is 17.2 Å². The maximum atomic E-state index is 12.8. The zero-order valence-corrected chi connectivity index (χ0v) is 12.5.